The van der Waals surface area contributed by atoms with Crippen molar-refractivity contribution in [2.45, 2.75) is 0 Å². The first-order valence-corrected chi connectivity index (χ1v) is 4.63. The predicted molar refractivity (Wildman–Crippen MR) is 39.4 cm³/mol. The Morgan fingerprint density at radius 3 is 2.23 bits per heavy atom. The third kappa shape index (κ3) is 7.22. The zero-order valence-electron chi connectivity index (χ0n) is 6.72. The summed E-state index contributed by atoms with van der Waals surface area (Å²) < 4.78 is 36.6. The van der Waals surface area contributed by atoms with Gasteiger partial charge in [0.25, 0.3) is 10.1 Å². The fourth-order valence-corrected chi connectivity index (χ4v) is 0.770. The molecule has 1 N–H and O–H groups in total. The van der Waals surface area contributed by atoms with Crippen LogP contribution in [-0.2, 0) is 29.2 Å². The van der Waals surface area contributed by atoms with Crippen LogP contribution in [0.1, 0.15) is 0 Å². The Labute approximate surface area is 74.4 Å². The molecule has 0 saturated carbocycles. The van der Waals surface area contributed by atoms with E-state index in [4.69, 9.17) is 4.55 Å². The van der Waals surface area contributed by atoms with Gasteiger partial charge < -0.3 is 9.47 Å². The second-order valence-corrected chi connectivity index (χ2v) is 3.42. The number of esters is 2. The lowest BCUT2D eigenvalue weighted by molar-refractivity contribution is -0.155. The van der Waals surface area contributed by atoms with Crippen LogP contribution in [0.4, 0.5) is 0 Å². The Morgan fingerprint density at radius 2 is 1.85 bits per heavy atom. The largest absolute Gasteiger partial charge is 0.466 e. The summed E-state index contributed by atoms with van der Waals surface area (Å²) >= 11 is 0. The van der Waals surface area contributed by atoms with E-state index >= 15 is 0 Å². The minimum atomic E-state index is -4.40. The summed E-state index contributed by atoms with van der Waals surface area (Å²) in [7, 11) is -3.32. The molecule has 8 heteroatoms. The van der Waals surface area contributed by atoms with Crippen molar-refractivity contribution in [2.75, 3.05) is 19.5 Å². The molecule has 0 unspecified atom stereocenters. The molecule has 0 atom stereocenters. The Morgan fingerprint density at radius 1 is 1.31 bits per heavy atom. The number of methoxy groups -OCH3 is 1. The molecule has 76 valence electrons. The molecule has 0 saturated heterocycles. The summed E-state index contributed by atoms with van der Waals surface area (Å²) in [5, 5.41) is 0. The van der Waals surface area contributed by atoms with E-state index in [1.54, 1.807) is 0 Å². The molecule has 0 spiro atoms. The maximum atomic E-state index is 10.5. The summed E-state index contributed by atoms with van der Waals surface area (Å²) in [6.07, 6.45) is 0. The van der Waals surface area contributed by atoms with Crippen LogP contribution in [0.15, 0.2) is 0 Å². The molecule has 0 aliphatic rings. The van der Waals surface area contributed by atoms with Gasteiger partial charge in [0.2, 0.25) is 0 Å². The highest BCUT2D eigenvalue weighted by molar-refractivity contribution is 7.86. The van der Waals surface area contributed by atoms with Crippen LogP contribution in [0.25, 0.3) is 0 Å². The molecule has 0 amide bonds. The molecule has 0 aromatic heterocycles. The first kappa shape index (κ1) is 11.8. The Kier molecular flexibility index (Phi) is 4.35. The van der Waals surface area contributed by atoms with Crippen LogP contribution < -0.4 is 0 Å². The van der Waals surface area contributed by atoms with Gasteiger partial charge in [0, 0.05) is 0 Å². The Bertz CT molecular complexity index is 290. The molecule has 0 bridgehead atoms. The fraction of sp³-hybridized carbons (Fsp3) is 0.600. The zero-order valence-corrected chi connectivity index (χ0v) is 7.54. The second kappa shape index (κ2) is 4.77. The van der Waals surface area contributed by atoms with Gasteiger partial charge in [0.1, 0.15) is 0 Å². The van der Waals surface area contributed by atoms with Crippen molar-refractivity contribution in [3.8, 4) is 0 Å². The van der Waals surface area contributed by atoms with Crippen molar-refractivity contribution in [1.29, 1.82) is 0 Å². The Balaban J connectivity index is 3.84. The molecule has 13 heavy (non-hydrogen) atoms. The molecule has 0 radical (unpaired) electrons. The van der Waals surface area contributed by atoms with E-state index in [1.165, 1.54) is 0 Å². The van der Waals surface area contributed by atoms with E-state index in [-0.39, 0.29) is 0 Å². The molecule has 0 aromatic rings. The van der Waals surface area contributed by atoms with E-state index in [1.807, 2.05) is 0 Å². The number of hydrogen-bond donors (Lipinski definition) is 1. The van der Waals surface area contributed by atoms with Crippen molar-refractivity contribution >= 4 is 22.1 Å². The van der Waals surface area contributed by atoms with Gasteiger partial charge in [0.05, 0.1) is 7.11 Å². The normalized spacial score (nSPS) is 10.6. The standard InChI is InChI=1S/C5H8O7S/c1-11-4(6)2-12-5(7)3-13(8,9)10/h2-3H2,1H3,(H,8,9,10). The van der Waals surface area contributed by atoms with Gasteiger partial charge >= 0.3 is 11.9 Å². The SMILES string of the molecule is COC(=O)COC(=O)CS(=O)(=O)O. The summed E-state index contributed by atoms with van der Waals surface area (Å²) in [5.74, 6) is -3.21. The highest BCUT2D eigenvalue weighted by atomic mass is 32.2. The molecule has 0 aliphatic heterocycles. The smallest absolute Gasteiger partial charge is 0.344 e. The van der Waals surface area contributed by atoms with Gasteiger partial charge in [0.15, 0.2) is 12.4 Å². The summed E-state index contributed by atoms with van der Waals surface area (Å²) in [5.41, 5.74) is 0. The van der Waals surface area contributed by atoms with Crippen LogP contribution in [0.5, 0.6) is 0 Å². The summed E-state index contributed by atoms with van der Waals surface area (Å²) in [4.78, 5) is 20.9. The topological polar surface area (TPSA) is 107 Å². The lowest BCUT2D eigenvalue weighted by Gasteiger charge is -2.00. The predicted octanol–water partition coefficient (Wildman–Crippen LogP) is -1.41. The first-order chi connectivity index (χ1) is 5.85. The van der Waals surface area contributed by atoms with Gasteiger partial charge in [-0.25, -0.2) is 4.79 Å². The van der Waals surface area contributed by atoms with Crippen LogP contribution in [0, 0.1) is 0 Å². The Hall–Kier alpha value is -1.15. The highest BCUT2D eigenvalue weighted by Gasteiger charge is 2.15. The molecule has 0 heterocycles. The molecular formula is C5H8O7S. The van der Waals surface area contributed by atoms with Crippen molar-refractivity contribution in [3.05, 3.63) is 0 Å². The lowest BCUT2D eigenvalue weighted by atomic mass is 10.7. The van der Waals surface area contributed by atoms with Gasteiger partial charge in [-0.15, -0.1) is 0 Å². The number of carbonyl (C=O) groups is 2. The van der Waals surface area contributed by atoms with E-state index in [0.29, 0.717) is 0 Å². The summed E-state index contributed by atoms with van der Waals surface area (Å²) in [6.45, 7) is -0.676. The molecule has 7 nitrogen and oxygen atoms in total. The maximum Gasteiger partial charge on any atom is 0.344 e. The lowest BCUT2D eigenvalue weighted by Crippen LogP contribution is -2.21. The molecular weight excluding hydrogens is 204 g/mol. The van der Waals surface area contributed by atoms with Crippen LogP contribution in [0.3, 0.4) is 0 Å². The van der Waals surface area contributed by atoms with Gasteiger partial charge in [-0.3, -0.25) is 9.35 Å². The maximum absolute atomic E-state index is 10.5. The average Bonchev–Trinajstić information content (AvgIpc) is 1.97. The van der Waals surface area contributed by atoms with E-state index < -0.39 is 34.4 Å². The quantitative estimate of drug-likeness (QED) is 0.450. The molecule has 0 rings (SSSR count). The highest BCUT2D eigenvalue weighted by Crippen LogP contribution is 1.87. The number of carbonyl (C=O) groups excluding carboxylic acids is 2. The second-order valence-electron chi connectivity index (χ2n) is 1.96. The zero-order chi connectivity index (χ0) is 10.5. The number of rotatable bonds is 4. The van der Waals surface area contributed by atoms with Crippen molar-refractivity contribution in [2.24, 2.45) is 0 Å². The molecule has 0 aromatic carbocycles. The van der Waals surface area contributed by atoms with Crippen LogP contribution >= 0.6 is 0 Å². The number of ether oxygens (including phenoxy) is 2. The van der Waals surface area contributed by atoms with Gasteiger partial charge in [-0.1, -0.05) is 0 Å². The molecule has 0 aliphatic carbocycles. The fourth-order valence-electron chi connectivity index (χ4n) is 0.389. The van der Waals surface area contributed by atoms with E-state index in [9.17, 15) is 18.0 Å². The van der Waals surface area contributed by atoms with E-state index in [2.05, 4.69) is 9.47 Å². The number of hydrogen-bond acceptors (Lipinski definition) is 6. The van der Waals surface area contributed by atoms with Crippen LogP contribution in [0.2, 0.25) is 0 Å². The van der Waals surface area contributed by atoms with Crippen LogP contribution in [-0.4, -0.2) is 44.4 Å². The van der Waals surface area contributed by atoms with Crippen molar-refractivity contribution in [3.63, 3.8) is 0 Å². The minimum absolute atomic E-state index is 0.676. The monoisotopic (exact) mass is 212 g/mol. The third-order valence-electron chi connectivity index (χ3n) is 0.879. The van der Waals surface area contributed by atoms with Crippen molar-refractivity contribution < 1.29 is 32.0 Å². The van der Waals surface area contributed by atoms with E-state index in [0.717, 1.165) is 7.11 Å². The average molecular weight is 212 g/mol. The molecule has 0 fully saturated rings. The minimum Gasteiger partial charge on any atom is -0.466 e. The van der Waals surface area contributed by atoms with Gasteiger partial charge in [-0.05, 0) is 0 Å². The summed E-state index contributed by atoms with van der Waals surface area (Å²) in [6, 6.07) is 0. The third-order valence-corrected chi connectivity index (χ3v) is 1.48. The van der Waals surface area contributed by atoms with Gasteiger partial charge in [-0.2, -0.15) is 8.42 Å². The first-order valence-electron chi connectivity index (χ1n) is 3.03. The van der Waals surface area contributed by atoms with Crippen molar-refractivity contribution in [1.82, 2.24) is 0 Å².